The lowest BCUT2D eigenvalue weighted by molar-refractivity contribution is -0.132. The smallest absolute Gasteiger partial charge is 0.224 e. The highest BCUT2D eigenvalue weighted by Crippen LogP contribution is 2.35. The molecule has 22 heavy (non-hydrogen) atoms. The van der Waals surface area contributed by atoms with Crippen molar-refractivity contribution in [3.8, 4) is 0 Å². The Morgan fingerprint density at radius 2 is 2.09 bits per heavy atom. The number of aryl methyl sites for hydroxylation is 1. The zero-order valence-electron chi connectivity index (χ0n) is 13.6. The van der Waals surface area contributed by atoms with Gasteiger partial charge < -0.3 is 10.2 Å². The first kappa shape index (κ1) is 17.3. The third-order valence-corrected chi connectivity index (χ3v) is 5.16. The average Bonchev–Trinajstić information content (AvgIpc) is 3.12. The molecule has 0 radical (unpaired) electrons. The standard InChI is InChI=1S/C18H26N2O.ClH/c1-13-6-3-8-16(14(13)2)17-9-5-11-20(17)18(21)12-15-7-4-10-19-15;/h3,6,8,15,17,19H,4-5,7,9-12H2,1-2H3;1H. The molecule has 3 nitrogen and oxygen atoms in total. The molecule has 2 unspecified atom stereocenters. The minimum atomic E-state index is 0. The number of amides is 1. The average molecular weight is 323 g/mol. The topological polar surface area (TPSA) is 32.3 Å². The zero-order valence-corrected chi connectivity index (χ0v) is 14.4. The lowest BCUT2D eigenvalue weighted by Crippen LogP contribution is -2.35. The molecule has 1 N–H and O–H groups in total. The van der Waals surface area contributed by atoms with Crippen LogP contribution < -0.4 is 5.32 Å². The van der Waals surface area contributed by atoms with Crippen LogP contribution in [0.15, 0.2) is 18.2 Å². The molecule has 1 aromatic rings. The van der Waals surface area contributed by atoms with Crippen molar-refractivity contribution >= 4 is 18.3 Å². The van der Waals surface area contributed by atoms with Crippen molar-refractivity contribution in [1.82, 2.24) is 10.2 Å². The highest BCUT2D eigenvalue weighted by atomic mass is 35.5. The highest BCUT2D eigenvalue weighted by molar-refractivity contribution is 5.85. The van der Waals surface area contributed by atoms with Crippen LogP contribution in [-0.2, 0) is 4.79 Å². The fraction of sp³-hybridized carbons (Fsp3) is 0.611. The van der Waals surface area contributed by atoms with E-state index in [0.717, 1.165) is 32.4 Å². The predicted octanol–water partition coefficient (Wildman–Crippen LogP) is 3.53. The molecule has 2 aliphatic heterocycles. The van der Waals surface area contributed by atoms with Crippen LogP contribution in [0.3, 0.4) is 0 Å². The van der Waals surface area contributed by atoms with Crippen molar-refractivity contribution in [2.75, 3.05) is 13.1 Å². The number of halogens is 1. The highest BCUT2D eigenvalue weighted by Gasteiger charge is 2.32. The zero-order chi connectivity index (χ0) is 14.8. The lowest BCUT2D eigenvalue weighted by Gasteiger charge is -2.28. The fourth-order valence-electron chi connectivity index (χ4n) is 3.78. The maximum absolute atomic E-state index is 12.7. The van der Waals surface area contributed by atoms with Gasteiger partial charge in [-0.15, -0.1) is 12.4 Å². The Bertz CT molecular complexity index is 526. The maximum Gasteiger partial charge on any atom is 0.224 e. The van der Waals surface area contributed by atoms with Gasteiger partial charge in [-0.25, -0.2) is 0 Å². The van der Waals surface area contributed by atoms with E-state index in [1.54, 1.807) is 0 Å². The SMILES string of the molecule is Cc1cccc(C2CCCN2C(=O)CC2CCCN2)c1C.Cl. The minimum absolute atomic E-state index is 0. The molecule has 2 fully saturated rings. The lowest BCUT2D eigenvalue weighted by atomic mass is 9.95. The van der Waals surface area contributed by atoms with Gasteiger partial charge in [0.1, 0.15) is 0 Å². The van der Waals surface area contributed by atoms with Gasteiger partial charge in [0.2, 0.25) is 5.91 Å². The van der Waals surface area contributed by atoms with Crippen molar-refractivity contribution in [2.45, 2.75) is 58.0 Å². The number of likely N-dealkylation sites (tertiary alicyclic amines) is 1. The van der Waals surface area contributed by atoms with Gasteiger partial charge in [0.15, 0.2) is 0 Å². The number of carbonyl (C=O) groups is 1. The van der Waals surface area contributed by atoms with Crippen LogP contribution in [0.4, 0.5) is 0 Å². The Balaban J connectivity index is 0.00000176. The minimum Gasteiger partial charge on any atom is -0.336 e. The Morgan fingerprint density at radius 3 is 2.82 bits per heavy atom. The summed E-state index contributed by atoms with van der Waals surface area (Å²) in [4.78, 5) is 14.8. The summed E-state index contributed by atoms with van der Waals surface area (Å²) in [5, 5.41) is 3.44. The van der Waals surface area contributed by atoms with Crippen molar-refractivity contribution in [3.63, 3.8) is 0 Å². The van der Waals surface area contributed by atoms with Crippen LogP contribution in [0.1, 0.15) is 54.8 Å². The Labute approximate surface area is 139 Å². The van der Waals surface area contributed by atoms with Crippen LogP contribution in [0, 0.1) is 13.8 Å². The molecule has 4 heteroatoms. The van der Waals surface area contributed by atoms with E-state index in [4.69, 9.17) is 0 Å². The molecule has 1 amide bonds. The van der Waals surface area contributed by atoms with Gasteiger partial charge in [-0.2, -0.15) is 0 Å². The number of hydrogen-bond donors (Lipinski definition) is 1. The number of benzene rings is 1. The molecule has 3 rings (SSSR count). The normalized spacial score (nSPS) is 24.4. The van der Waals surface area contributed by atoms with E-state index in [-0.39, 0.29) is 12.4 Å². The second-order valence-electron chi connectivity index (χ2n) is 6.53. The van der Waals surface area contributed by atoms with Gasteiger partial charge in [0.25, 0.3) is 0 Å². The Kier molecular flexibility index (Phi) is 5.87. The molecule has 0 spiro atoms. The Morgan fingerprint density at radius 1 is 1.27 bits per heavy atom. The molecule has 122 valence electrons. The van der Waals surface area contributed by atoms with E-state index in [1.807, 2.05) is 0 Å². The summed E-state index contributed by atoms with van der Waals surface area (Å²) in [5.41, 5.74) is 4.02. The van der Waals surface area contributed by atoms with Gasteiger partial charge in [0, 0.05) is 19.0 Å². The summed E-state index contributed by atoms with van der Waals surface area (Å²) >= 11 is 0. The third-order valence-electron chi connectivity index (χ3n) is 5.16. The van der Waals surface area contributed by atoms with Crippen LogP contribution in [-0.4, -0.2) is 29.9 Å². The fourth-order valence-corrected chi connectivity index (χ4v) is 3.78. The molecule has 0 bridgehead atoms. The van der Waals surface area contributed by atoms with E-state index in [1.165, 1.54) is 23.1 Å². The second-order valence-corrected chi connectivity index (χ2v) is 6.53. The molecule has 2 aliphatic rings. The molecular formula is C18H27ClN2O. The first-order valence-corrected chi connectivity index (χ1v) is 8.26. The molecule has 0 aromatic heterocycles. The summed E-state index contributed by atoms with van der Waals surface area (Å²) < 4.78 is 0. The van der Waals surface area contributed by atoms with Crippen LogP contribution >= 0.6 is 12.4 Å². The molecular weight excluding hydrogens is 296 g/mol. The monoisotopic (exact) mass is 322 g/mol. The van der Waals surface area contributed by atoms with Gasteiger partial charge in [-0.05, 0) is 62.8 Å². The van der Waals surface area contributed by atoms with E-state index in [0.29, 0.717) is 24.4 Å². The number of nitrogens with one attached hydrogen (secondary N) is 1. The van der Waals surface area contributed by atoms with Crippen molar-refractivity contribution in [3.05, 3.63) is 34.9 Å². The molecule has 1 aromatic carbocycles. The van der Waals surface area contributed by atoms with Crippen LogP contribution in [0.2, 0.25) is 0 Å². The third kappa shape index (κ3) is 3.47. The molecule has 2 heterocycles. The molecule has 2 saturated heterocycles. The summed E-state index contributed by atoms with van der Waals surface area (Å²) in [6.07, 6.45) is 5.25. The summed E-state index contributed by atoms with van der Waals surface area (Å²) in [6, 6.07) is 7.17. The summed E-state index contributed by atoms with van der Waals surface area (Å²) in [5.74, 6) is 0.331. The number of carbonyl (C=O) groups excluding carboxylic acids is 1. The summed E-state index contributed by atoms with van der Waals surface area (Å²) in [7, 11) is 0. The van der Waals surface area contributed by atoms with Crippen molar-refractivity contribution < 1.29 is 4.79 Å². The molecule has 2 atom stereocenters. The van der Waals surface area contributed by atoms with E-state index >= 15 is 0 Å². The van der Waals surface area contributed by atoms with E-state index < -0.39 is 0 Å². The van der Waals surface area contributed by atoms with Gasteiger partial charge in [0.05, 0.1) is 6.04 Å². The van der Waals surface area contributed by atoms with E-state index in [2.05, 4.69) is 42.3 Å². The number of rotatable bonds is 3. The quantitative estimate of drug-likeness (QED) is 0.923. The Hall–Kier alpha value is -1.06. The van der Waals surface area contributed by atoms with Crippen LogP contribution in [0.25, 0.3) is 0 Å². The first-order chi connectivity index (χ1) is 10.2. The van der Waals surface area contributed by atoms with Crippen molar-refractivity contribution in [2.24, 2.45) is 0 Å². The number of nitrogens with zero attached hydrogens (tertiary/aromatic N) is 1. The number of hydrogen-bond acceptors (Lipinski definition) is 2. The predicted molar refractivity (Wildman–Crippen MR) is 92.5 cm³/mol. The molecule has 0 saturated carbocycles. The van der Waals surface area contributed by atoms with Gasteiger partial charge >= 0.3 is 0 Å². The van der Waals surface area contributed by atoms with Gasteiger partial charge in [-0.3, -0.25) is 4.79 Å². The first-order valence-electron chi connectivity index (χ1n) is 8.26. The van der Waals surface area contributed by atoms with E-state index in [9.17, 15) is 4.79 Å². The van der Waals surface area contributed by atoms with Gasteiger partial charge in [-0.1, -0.05) is 18.2 Å². The maximum atomic E-state index is 12.7. The van der Waals surface area contributed by atoms with Crippen molar-refractivity contribution in [1.29, 1.82) is 0 Å². The van der Waals surface area contributed by atoms with Crippen LogP contribution in [0.5, 0.6) is 0 Å². The second kappa shape index (κ2) is 7.47. The summed E-state index contributed by atoms with van der Waals surface area (Å²) in [6.45, 7) is 6.33. The largest absolute Gasteiger partial charge is 0.336 e. The molecule has 0 aliphatic carbocycles.